The Balaban J connectivity index is 2.48. The first-order valence-electron chi connectivity index (χ1n) is 5.13. The number of aromatic nitrogens is 1. The van der Waals surface area contributed by atoms with Gasteiger partial charge in [0.2, 0.25) is 10.8 Å². The maximum atomic E-state index is 11.8. The maximum absolute atomic E-state index is 11.8. The maximum Gasteiger partial charge on any atom is 0.356 e. The van der Waals surface area contributed by atoms with Crippen molar-refractivity contribution >= 4 is 26.9 Å². The van der Waals surface area contributed by atoms with E-state index < -0.39 is 5.63 Å². The van der Waals surface area contributed by atoms with E-state index >= 15 is 0 Å². The van der Waals surface area contributed by atoms with E-state index in [1.165, 1.54) is 17.6 Å². The van der Waals surface area contributed by atoms with Crippen molar-refractivity contribution in [2.75, 3.05) is 5.43 Å². The number of nitrogens with two attached hydrogens (primary N) is 1. The molecule has 0 spiro atoms. The first kappa shape index (κ1) is 11.5. The van der Waals surface area contributed by atoms with Gasteiger partial charge in [0, 0.05) is 0 Å². The molecule has 3 rings (SSSR count). The average molecular weight is 274 g/mol. The van der Waals surface area contributed by atoms with Gasteiger partial charge in [0.05, 0.1) is 11.8 Å². The van der Waals surface area contributed by atoms with Crippen molar-refractivity contribution in [1.29, 1.82) is 5.26 Å². The lowest BCUT2D eigenvalue weighted by atomic mass is 10.1. The Morgan fingerprint density at radius 1 is 1.53 bits per heavy atom. The quantitative estimate of drug-likeness (QED) is 0.539. The Morgan fingerprint density at radius 2 is 2.37 bits per heavy atom. The first-order valence-corrected chi connectivity index (χ1v) is 5.94. The first-order chi connectivity index (χ1) is 9.24. The molecule has 0 unspecified atom stereocenters. The lowest BCUT2D eigenvalue weighted by molar-refractivity contribution is 0.546. The van der Waals surface area contributed by atoms with Gasteiger partial charge >= 0.3 is 5.63 Å². The molecule has 94 valence electrons. The third-order valence-electron chi connectivity index (χ3n) is 2.47. The van der Waals surface area contributed by atoms with Gasteiger partial charge < -0.3 is 8.83 Å². The smallest absolute Gasteiger partial charge is 0.356 e. The molecule has 0 atom stereocenters. The molecule has 0 radical (unpaired) electrons. The van der Waals surface area contributed by atoms with Crippen molar-refractivity contribution < 1.29 is 8.83 Å². The van der Waals surface area contributed by atoms with Gasteiger partial charge in [-0.25, -0.2) is 10.6 Å². The van der Waals surface area contributed by atoms with E-state index in [9.17, 15) is 4.79 Å². The molecule has 0 bridgehead atoms. The summed E-state index contributed by atoms with van der Waals surface area (Å²) in [4.78, 5) is 15.8. The van der Waals surface area contributed by atoms with Gasteiger partial charge in [-0.15, -0.1) is 0 Å². The fourth-order valence-corrected chi connectivity index (χ4v) is 2.57. The molecule has 0 saturated carbocycles. The molecule has 3 aromatic rings. The van der Waals surface area contributed by atoms with Crippen LogP contribution in [0.5, 0.6) is 0 Å². The fourth-order valence-electron chi connectivity index (χ4n) is 1.71. The fraction of sp³-hybridized carbons (Fsp3) is 0. The van der Waals surface area contributed by atoms with Gasteiger partial charge in [0.15, 0.2) is 0 Å². The highest BCUT2D eigenvalue weighted by atomic mass is 32.1. The SMILES string of the molecule is N#Cc1c(-c2ccco2)c2sc(NN)nc2oc1=O. The van der Waals surface area contributed by atoms with Crippen LogP contribution < -0.4 is 16.9 Å². The van der Waals surface area contributed by atoms with Crippen molar-refractivity contribution in [3.8, 4) is 17.4 Å². The summed E-state index contributed by atoms with van der Waals surface area (Å²) in [5.74, 6) is 5.69. The van der Waals surface area contributed by atoms with E-state index in [1.54, 1.807) is 12.1 Å². The summed E-state index contributed by atoms with van der Waals surface area (Å²) < 4.78 is 10.8. The Bertz CT molecular complexity index is 841. The van der Waals surface area contributed by atoms with Crippen LogP contribution >= 0.6 is 11.3 Å². The standard InChI is InChI=1S/C11H6N4O3S/c12-4-5-7(6-2-1-3-17-6)8-9(18-10(5)16)14-11(15-13)19-8/h1-3H,13H2,(H,14,15). The highest BCUT2D eigenvalue weighted by Crippen LogP contribution is 2.35. The van der Waals surface area contributed by atoms with Gasteiger partial charge in [0.1, 0.15) is 22.1 Å². The van der Waals surface area contributed by atoms with Crippen LogP contribution in [0.1, 0.15) is 5.56 Å². The molecule has 0 aromatic carbocycles. The number of nitriles is 1. The molecule has 0 aliphatic rings. The molecule has 0 fully saturated rings. The molecule has 8 heteroatoms. The van der Waals surface area contributed by atoms with E-state index in [2.05, 4.69) is 10.4 Å². The number of furan rings is 1. The molecule has 0 amide bonds. The largest absolute Gasteiger partial charge is 0.464 e. The molecule has 0 aliphatic carbocycles. The van der Waals surface area contributed by atoms with Crippen LogP contribution in [0, 0.1) is 11.3 Å². The summed E-state index contributed by atoms with van der Waals surface area (Å²) in [5.41, 5.74) is 2.00. The number of nitrogens with one attached hydrogen (secondary N) is 1. The molecule has 0 aliphatic heterocycles. The van der Waals surface area contributed by atoms with Crippen LogP contribution in [0.25, 0.3) is 21.7 Å². The van der Waals surface area contributed by atoms with Crippen LogP contribution in [-0.2, 0) is 0 Å². The second kappa shape index (κ2) is 4.24. The van der Waals surface area contributed by atoms with Crippen molar-refractivity contribution in [1.82, 2.24) is 4.98 Å². The lowest BCUT2D eigenvalue weighted by Crippen LogP contribution is -2.06. The summed E-state index contributed by atoms with van der Waals surface area (Å²) in [6.07, 6.45) is 1.46. The monoisotopic (exact) mass is 274 g/mol. The lowest BCUT2D eigenvalue weighted by Gasteiger charge is -1.99. The number of hydrazine groups is 1. The number of nitrogen functional groups attached to an aromatic ring is 1. The van der Waals surface area contributed by atoms with Crippen LogP contribution in [-0.4, -0.2) is 4.98 Å². The van der Waals surface area contributed by atoms with E-state index in [0.717, 1.165) is 0 Å². The molecule has 7 nitrogen and oxygen atoms in total. The van der Waals surface area contributed by atoms with Crippen molar-refractivity contribution in [2.24, 2.45) is 5.84 Å². The molecule has 3 N–H and O–H groups in total. The summed E-state index contributed by atoms with van der Waals surface area (Å²) in [6, 6.07) is 5.16. The van der Waals surface area contributed by atoms with Crippen LogP contribution in [0.2, 0.25) is 0 Å². The summed E-state index contributed by atoms with van der Waals surface area (Å²) in [6.45, 7) is 0. The van der Waals surface area contributed by atoms with Crippen molar-refractivity contribution in [3.63, 3.8) is 0 Å². The van der Waals surface area contributed by atoms with Gasteiger partial charge in [-0.3, -0.25) is 5.43 Å². The van der Waals surface area contributed by atoms with E-state index in [0.29, 0.717) is 21.2 Å². The zero-order chi connectivity index (χ0) is 13.4. The number of thiazole rings is 1. The summed E-state index contributed by atoms with van der Waals surface area (Å²) >= 11 is 1.17. The number of fused-ring (bicyclic) bond motifs is 1. The van der Waals surface area contributed by atoms with E-state index in [1.807, 2.05) is 6.07 Å². The summed E-state index contributed by atoms with van der Waals surface area (Å²) in [7, 11) is 0. The number of hydrogen-bond acceptors (Lipinski definition) is 8. The number of nitrogens with zero attached hydrogens (tertiary/aromatic N) is 2. The number of rotatable bonds is 2. The average Bonchev–Trinajstić information content (AvgIpc) is 3.05. The van der Waals surface area contributed by atoms with Gasteiger partial charge in [-0.05, 0) is 12.1 Å². The minimum Gasteiger partial charge on any atom is -0.464 e. The van der Waals surface area contributed by atoms with Crippen LogP contribution in [0.4, 0.5) is 5.13 Å². The van der Waals surface area contributed by atoms with Gasteiger partial charge in [-0.1, -0.05) is 11.3 Å². The molecule has 3 aromatic heterocycles. The molecule has 19 heavy (non-hydrogen) atoms. The van der Waals surface area contributed by atoms with E-state index in [-0.39, 0.29) is 11.3 Å². The highest BCUT2D eigenvalue weighted by molar-refractivity contribution is 7.22. The topological polar surface area (TPSA) is 118 Å². The molecular formula is C11H6N4O3S. The second-order valence-corrected chi connectivity index (χ2v) is 4.53. The third kappa shape index (κ3) is 1.69. The predicted molar refractivity (Wildman–Crippen MR) is 68.4 cm³/mol. The normalized spacial score (nSPS) is 10.5. The zero-order valence-corrected chi connectivity index (χ0v) is 10.2. The second-order valence-electron chi connectivity index (χ2n) is 3.53. The van der Waals surface area contributed by atoms with Crippen molar-refractivity contribution in [2.45, 2.75) is 0 Å². The molecule has 3 heterocycles. The van der Waals surface area contributed by atoms with Gasteiger partial charge in [-0.2, -0.15) is 10.2 Å². The Morgan fingerprint density at radius 3 is 3.00 bits per heavy atom. The summed E-state index contributed by atoms with van der Waals surface area (Å²) in [5, 5.41) is 9.49. The molecular weight excluding hydrogens is 268 g/mol. The van der Waals surface area contributed by atoms with Gasteiger partial charge in [0.25, 0.3) is 0 Å². The van der Waals surface area contributed by atoms with Crippen LogP contribution in [0.15, 0.2) is 32.0 Å². The third-order valence-corrected chi connectivity index (χ3v) is 3.45. The molecule has 0 saturated heterocycles. The zero-order valence-electron chi connectivity index (χ0n) is 9.34. The predicted octanol–water partition coefficient (Wildman–Crippen LogP) is 1.67. The Labute approximate surface area is 109 Å². The number of anilines is 1. The Hall–Kier alpha value is -2.63. The highest BCUT2D eigenvalue weighted by Gasteiger charge is 2.21. The van der Waals surface area contributed by atoms with E-state index in [4.69, 9.17) is 19.9 Å². The van der Waals surface area contributed by atoms with Crippen molar-refractivity contribution in [3.05, 3.63) is 34.4 Å². The minimum atomic E-state index is -0.754. The number of hydrogen-bond donors (Lipinski definition) is 2. The van der Waals surface area contributed by atoms with Crippen LogP contribution in [0.3, 0.4) is 0 Å². The minimum absolute atomic E-state index is 0.116. The Kier molecular flexibility index (Phi) is 2.56.